The lowest BCUT2D eigenvalue weighted by Crippen LogP contribution is -2.31. The molecular formula is C36H24I2. The van der Waals surface area contributed by atoms with E-state index in [1.54, 1.807) is 0 Å². The van der Waals surface area contributed by atoms with E-state index in [2.05, 4.69) is 161 Å². The molecule has 8 rings (SSSR count). The summed E-state index contributed by atoms with van der Waals surface area (Å²) in [6, 6.07) is 41.2. The van der Waals surface area contributed by atoms with Gasteiger partial charge >= 0.3 is 0 Å². The molecule has 0 fully saturated rings. The van der Waals surface area contributed by atoms with Gasteiger partial charge in [0.05, 0.1) is 1.93 Å². The molecule has 0 nitrogen and oxygen atoms in total. The summed E-state index contributed by atoms with van der Waals surface area (Å²) < 4.78 is 0.444. The Bertz CT molecular complexity index is 1950. The number of alkyl halides is 2. The first kappa shape index (κ1) is 23.2. The van der Waals surface area contributed by atoms with Crippen LogP contribution in [0.4, 0.5) is 0 Å². The highest BCUT2D eigenvalue weighted by molar-refractivity contribution is 14.2. The van der Waals surface area contributed by atoms with Gasteiger partial charge in [0.1, 0.15) is 0 Å². The van der Waals surface area contributed by atoms with Crippen molar-refractivity contribution in [1.29, 1.82) is 0 Å². The molecule has 0 radical (unpaired) electrons. The first-order chi connectivity index (χ1) is 18.6. The van der Waals surface area contributed by atoms with Crippen LogP contribution >= 0.6 is 45.2 Å². The van der Waals surface area contributed by atoms with Crippen LogP contribution in [0.2, 0.25) is 0 Å². The maximum Gasteiger partial charge on any atom is 0.0763 e. The second kappa shape index (κ2) is 8.40. The predicted octanol–water partition coefficient (Wildman–Crippen LogP) is 11.2. The Morgan fingerprint density at radius 3 is 1.92 bits per heavy atom. The van der Waals surface area contributed by atoms with Gasteiger partial charge in [-0.15, -0.1) is 0 Å². The largest absolute Gasteiger partial charge is 0.0763 e. The molecular weight excluding hydrogens is 686 g/mol. The Balaban J connectivity index is 1.49. The molecule has 182 valence electrons. The summed E-state index contributed by atoms with van der Waals surface area (Å²) in [5.41, 5.74) is 13.9. The predicted molar refractivity (Wildman–Crippen MR) is 180 cm³/mol. The van der Waals surface area contributed by atoms with Gasteiger partial charge < -0.3 is 0 Å². The molecule has 38 heavy (non-hydrogen) atoms. The third-order valence-corrected chi connectivity index (χ3v) is 11.1. The summed E-state index contributed by atoms with van der Waals surface area (Å²) in [5, 5.41) is 5.43. The minimum Gasteiger partial charge on any atom is -0.0696 e. The van der Waals surface area contributed by atoms with Crippen LogP contribution in [0.3, 0.4) is 0 Å². The van der Waals surface area contributed by atoms with Crippen molar-refractivity contribution < 1.29 is 0 Å². The van der Waals surface area contributed by atoms with Gasteiger partial charge in [-0.2, -0.15) is 0 Å². The minimum absolute atomic E-state index is 0.00393. The van der Waals surface area contributed by atoms with Gasteiger partial charge in [0, 0.05) is 5.41 Å². The fourth-order valence-electron chi connectivity index (χ4n) is 7.31. The van der Waals surface area contributed by atoms with Crippen LogP contribution in [-0.4, -0.2) is 1.93 Å². The highest BCUT2D eigenvalue weighted by atomic mass is 127. The van der Waals surface area contributed by atoms with Gasteiger partial charge in [0.25, 0.3) is 0 Å². The van der Waals surface area contributed by atoms with Crippen molar-refractivity contribution >= 4 is 66.7 Å². The van der Waals surface area contributed by atoms with E-state index >= 15 is 0 Å². The van der Waals surface area contributed by atoms with E-state index in [-0.39, 0.29) is 5.41 Å². The molecule has 0 amide bonds. The molecule has 0 saturated carbocycles. The number of hydrogen-bond acceptors (Lipinski definition) is 0. The Morgan fingerprint density at radius 1 is 0.553 bits per heavy atom. The zero-order chi connectivity index (χ0) is 25.6. The Hall–Kier alpha value is -2.70. The quantitative estimate of drug-likeness (QED) is 0.0973. The molecule has 2 aliphatic rings. The van der Waals surface area contributed by atoms with Crippen LogP contribution in [0.25, 0.3) is 66.1 Å². The van der Waals surface area contributed by atoms with E-state index in [9.17, 15) is 0 Å². The van der Waals surface area contributed by atoms with Crippen LogP contribution in [0.15, 0.2) is 109 Å². The Labute approximate surface area is 250 Å². The molecule has 0 spiro atoms. The smallest absolute Gasteiger partial charge is 0.0696 e. The van der Waals surface area contributed by atoms with Crippen LogP contribution in [0.5, 0.6) is 0 Å². The van der Waals surface area contributed by atoms with Crippen molar-refractivity contribution in [3.05, 3.63) is 120 Å². The molecule has 0 N–H and O–H groups in total. The molecule has 6 aromatic rings. The molecule has 0 heterocycles. The first-order valence-electron chi connectivity index (χ1n) is 13.2. The first-order valence-corrected chi connectivity index (χ1v) is 15.7. The van der Waals surface area contributed by atoms with Crippen LogP contribution in [0, 0.1) is 0 Å². The third kappa shape index (κ3) is 2.86. The van der Waals surface area contributed by atoms with E-state index in [0.29, 0.717) is 1.93 Å². The molecule has 0 aliphatic heterocycles. The van der Waals surface area contributed by atoms with Gasteiger partial charge in [-0.1, -0.05) is 155 Å². The van der Waals surface area contributed by atoms with E-state index in [1.807, 2.05) is 0 Å². The fraction of sp³-hybridized carbons (Fsp3) is 0.111. The average Bonchev–Trinajstić information content (AvgIpc) is 3.45. The number of rotatable bonds is 3. The topological polar surface area (TPSA) is 0 Å². The van der Waals surface area contributed by atoms with Crippen LogP contribution < -0.4 is 0 Å². The minimum atomic E-state index is 0.00393. The zero-order valence-electron chi connectivity index (χ0n) is 20.9. The Morgan fingerprint density at radius 2 is 1.16 bits per heavy atom. The summed E-state index contributed by atoms with van der Waals surface area (Å²) in [4.78, 5) is 0. The highest BCUT2D eigenvalue weighted by Crippen LogP contribution is 2.58. The lowest BCUT2D eigenvalue weighted by molar-refractivity contribution is 0.574. The van der Waals surface area contributed by atoms with E-state index in [1.165, 1.54) is 77.2 Å². The summed E-state index contributed by atoms with van der Waals surface area (Å²) in [6.07, 6.45) is 1.08. The maximum atomic E-state index is 2.65. The van der Waals surface area contributed by atoms with Gasteiger partial charge in [0.2, 0.25) is 0 Å². The fourth-order valence-corrected chi connectivity index (χ4v) is 9.53. The van der Waals surface area contributed by atoms with Crippen LogP contribution in [-0.2, 0) is 5.41 Å². The van der Waals surface area contributed by atoms with Crippen molar-refractivity contribution in [3.63, 3.8) is 0 Å². The van der Waals surface area contributed by atoms with E-state index in [4.69, 9.17) is 0 Å². The van der Waals surface area contributed by atoms with Gasteiger partial charge in [-0.3, -0.25) is 0 Å². The zero-order valence-corrected chi connectivity index (χ0v) is 25.2. The summed E-state index contributed by atoms with van der Waals surface area (Å²) >= 11 is 5.30. The SMILES string of the molecule is CCC1(C(I)I)c2ccccc2-c2ccc(-c3c4ccccc4c4c5c(cccc35)-c3ccccc3-4)cc21. The van der Waals surface area contributed by atoms with Gasteiger partial charge in [0.15, 0.2) is 0 Å². The standard InChI is InChI=1S/C36H24I2/c1-2-36(35(37)38)30-17-8-7-11-23(30)24-19-18-21(20-31(24)36)32-27-13-5-6-14-28(27)33-25-12-4-3-10-22(25)26-15-9-16-29(32)34(26)33/h3-20,35H,2H2,1H3. The number of hydrogen-bond donors (Lipinski definition) is 0. The lowest BCUT2D eigenvalue weighted by atomic mass is 9.77. The third-order valence-electron chi connectivity index (χ3n) is 8.95. The van der Waals surface area contributed by atoms with Crippen molar-refractivity contribution in [1.82, 2.24) is 0 Å². The van der Waals surface area contributed by atoms with Crippen molar-refractivity contribution in [2.75, 3.05) is 0 Å². The average molecular weight is 710 g/mol. The van der Waals surface area contributed by atoms with Crippen LogP contribution in [0.1, 0.15) is 24.5 Å². The van der Waals surface area contributed by atoms with Crippen molar-refractivity contribution in [2.45, 2.75) is 20.7 Å². The highest BCUT2D eigenvalue weighted by Gasteiger charge is 2.46. The molecule has 0 saturated heterocycles. The number of benzene rings is 6. The molecule has 6 aromatic carbocycles. The molecule has 1 unspecified atom stereocenters. The Kier molecular flexibility index (Phi) is 5.13. The summed E-state index contributed by atoms with van der Waals surface area (Å²) in [6.45, 7) is 2.36. The monoisotopic (exact) mass is 710 g/mol. The van der Waals surface area contributed by atoms with Crippen molar-refractivity contribution in [2.24, 2.45) is 0 Å². The maximum absolute atomic E-state index is 2.65. The normalized spacial score (nSPS) is 16.7. The van der Waals surface area contributed by atoms with Gasteiger partial charge in [-0.05, 0) is 89.7 Å². The summed E-state index contributed by atoms with van der Waals surface area (Å²) in [7, 11) is 0. The second-order valence-corrected chi connectivity index (χ2v) is 15.4. The van der Waals surface area contributed by atoms with Gasteiger partial charge in [-0.25, -0.2) is 0 Å². The molecule has 0 bridgehead atoms. The van der Waals surface area contributed by atoms with E-state index in [0.717, 1.165) is 6.42 Å². The number of halogens is 2. The second-order valence-electron chi connectivity index (χ2n) is 10.5. The number of fused-ring (bicyclic) bond motifs is 8. The molecule has 2 heteroatoms. The summed E-state index contributed by atoms with van der Waals surface area (Å²) in [5.74, 6) is 0. The lowest BCUT2D eigenvalue weighted by Gasteiger charge is -2.33. The molecule has 1 atom stereocenters. The van der Waals surface area contributed by atoms with Crippen molar-refractivity contribution in [3.8, 4) is 44.5 Å². The van der Waals surface area contributed by atoms with E-state index < -0.39 is 0 Å². The molecule has 2 aliphatic carbocycles. The molecule has 0 aromatic heterocycles.